The smallest absolute Gasteiger partial charge is 0.167 e. The molecule has 1 aliphatic rings. The Morgan fingerprint density at radius 3 is 2.57 bits per heavy atom. The third kappa shape index (κ3) is 4.85. The lowest BCUT2D eigenvalue weighted by Gasteiger charge is -2.32. The van der Waals surface area contributed by atoms with Crippen molar-refractivity contribution >= 4 is 17.0 Å². The van der Waals surface area contributed by atoms with Crippen molar-refractivity contribution in [1.29, 1.82) is 0 Å². The predicted molar refractivity (Wildman–Crippen MR) is 140 cm³/mol. The minimum absolute atomic E-state index is 0.0427. The van der Waals surface area contributed by atoms with Crippen LogP contribution in [0.15, 0.2) is 79.3 Å². The van der Waals surface area contributed by atoms with Gasteiger partial charge in [-0.1, -0.05) is 6.07 Å². The molecule has 5 heterocycles. The lowest BCUT2D eigenvalue weighted by Crippen LogP contribution is -2.37. The summed E-state index contributed by atoms with van der Waals surface area (Å²) >= 11 is 0. The fraction of sp³-hybridized carbons (Fsp3) is 0.214. The monoisotopic (exact) mass is 495 g/mol. The topological polar surface area (TPSA) is 95.0 Å². The Labute approximate surface area is 213 Å². The van der Waals surface area contributed by atoms with Crippen LogP contribution in [0.5, 0.6) is 5.75 Å². The third-order valence-corrected chi connectivity index (χ3v) is 6.56. The number of aromatic nitrogens is 5. The number of imidazole rings is 1. The lowest BCUT2D eigenvalue weighted by molar-refractivity contribution is 0.0935. The largest absolute Gasteiger partial charge is 0.487 e. The Balaban J connectivity index is 1.19. The van der Waals surface area contributed by atoms with Gasteiger partial charge in [0.2, 0.25) is 0 Å². The fourth-order valence-electron chi connectivity index (χ4n) is 4.76. The SMILES string of the molecule is Nc1cc(CN2CCC(Oc3ccc(-n4c(-c5ccccn5)nc5cccnc54)cc3F)CC2)ccn1. The van der Waals surface area contributed by atoms with Crippen LogP contribution in [-0.4, -0.2) is 48.6 Å². The highest BCUT2D eigenvalue weighted by Gasteiger charge is 2.23. The molecule has 0 unspecified atom stereocenters. The van der Waals surface area contributed by atoms with Gasteiger partial charge in [0.1, 0.15) is 23.1 Å². The van der Waals surface area contributed by atoms with Gasteiger partial charge in [-0.05, 0) is 66.9 Å². The zero-order chi connectivity index (χ0) is 25.2. The molecule has 0 amide bonds. The van der Waals surface area contributed by atoms with Gasteiger partial charge >= 0.3 is 0 Å². The van der Waals surface area contributed by atoms with E-state index in [2.05, 4.69) is 19.9 Å². The van der Waals surface area contributed by atoms with E-state index in [1.165, 1.54) is 6.07 Å². The van der Waals surface area contributed by atoms with Crippen molar-refractivity contribution in [3.63, 3.8) is 0 Å². The molecule has 4 aromatic heterocycles. The average molecular weight is 496 g/mol. The van der Waals surface area contributed by atoms with Gasteiger partial charge in [0.15, 0.2) is 23.0 Å². The molecule has 1 saturated heterocycles. The van der Waals surface area contributed by atoms with Crippen LogP contribution in [-0.2, 0) is 6.54 Å². The fourth-order valence-corrected chi connectivity index (χ4v) is 4.76. The molecule has 0 aliphatic carbocycles. The molecule has 9 heteroatoms. The number of ether oxygens (including phenoxy) is 1. The Hall–Kier alpha value is -4.37. The van der Waals surface area contributed by atoms with E-state index >= 15 is 4.39 Å². The van der Waals surface area contributed by atoms with Gasteiger partial charge in [-0.3, -0.25) is 14.5 Å². The van der Waals surface area contributed by atoms with E-state index in [-0.39, 0.29) is 11.9 Å². The van der Waals surface area contributed by atoms with Crippen LogP contribution >= 0.6 is 0 Å². The van der Waals surface area contributed by atoms with Crippen LogP contribution in [0.3, 0.4) is 0 Å². The Morgan fingerprint density at radius 1 is 0.919 bits per heavy atom. The first-order valence-electron chi connectivity index (χ1n) is 12.3. The number of anilines is 1. The second kappa shape index (κ2) is 9.94. The van der Waals surface area contributed by atoms with Crippen LogP contribution in [0.2, 0.25) is 0 Å². The van der Waals surface area contributed by atoms with E-state index in [1.54, 1.807) is 24.7 Å². The molecule has 0 bridgehead atoms. The number of halogens is 1. The van der Waals surface area contributed by atoms with Crippen LogP contribution in [0, 0.1) is 5.82 Å². The molecule has 5 aromatic rings. The second-order valence-electron chi connectivity index (χ2n) is 9.13. The van der Waals surface area contributed by atoms with Crippen molar-refractivity contribution in [2.45, 2.75) is 25.5 Å². The summed E-state index contributed by atoms with van der Waals surface area (Å²) in [5.74, 6) is 0.963. The van der Waals surface area contributed by atoms with Crippen molar-refractivity contribution in [1.82, 2.24) is 29.4 Å². The lowest BCUT2D eigenvalue weighted by atomic mass is 10.1. The highest BCUT2D eigenvalue weighted by Crippen LogP contribution is 2.30. The van der Waals surface area contributed by atoms with E-state index in [0.29, 0.717) is 34.2 Å². The molecule has 8 nitrogen and oxygen atoms in total. The van der Waals surface area contributed by atoms with Crippen LogP contribution in [0.4, 0.5) is 10.2 Å². The van der Waals surface area contributed by atoms with Gasteiger partial charge in [0.25, 0.3) is 0 Å². The molecule has 37 heavy (non-hydrogen) atoms. The maximum absolute atomic E-state index is 15.3. The van der Waals surface area contributed by atoms with E-state index in [1.807, 2.05) is 53.1 Å². The quantitative estimate of drug-likeness (QED) is 0.367. The minimum atomic E-state index is -0.419. The van der Waals surface area contributed by atoms with Gasteiger partial charge in [0.05, 0.1) is 5.69 Å². The molecule has 1 aromatic carbocycles. The molecule has 186 valence electrons. The molecule has 1 fully saturated rings. The number of fused-ring (bicyclic) bond motifs is 1. The first-order chi connectivity index (χ1) is 18.1. The minimum Gasteiger partial charge on any atom is -0.487 e. The molecule has 0 spiro atoms. The number of piperidine rings is 1. The highest BCUT2D eigenvalue weighted by atomic mass is 19.1. The van der Waals surface area contributed by atoms with Gasteiger partial charge < -0.3 is 10.5 Å². The summed E-state index contributed by atoms with van der Waals surface area (Å²) in [4.78, 5) is 20.1. The van der Waals surface area contributed by atoms with Crippen molar-refractivity contribution < 1.29 is 9.13 Å². The van der Waals surface area contributed by atoms with Gasteiger partial charge in [0, 0.05) is 44.3 Å². The zero-order valence-corrected chi connectivity index (χ0v) is 20.2. The summed E-state index contributed by atoms with van der Waals surface area (Å²) in [6.07, 6.45) is 6.74. The van der Waals surface area contributed by atoms with Crippen LogP contribution < -0.4 is 10.5 Å². The number of nitrogens with zero attached hydrogens (tertiary/aromatic N) is 6. The van der Waals surface area contributed by atoms with E-state index in [4.69, 9.17) is 15.5 Å². The maximum atomic E-state index is 15.3. The first-order valence-corrected chi connectivity index (χ1v) is 12.3. The number of hydrogen-bond acceptors (Lipinski definition) is 7. The molecule has 2 N–H and O–H groups in total. The number of hydrogen-bond donors (Lipinski definition) is 1. The molecule has 6 rings (SSSR count). The number of benzene rings is 1. The molecule has 0 radical (unpaired) electrons. The van der Waals surface area contributed by atoms with Crippen molar-refractivity contribution in [3.8, 4) is 23.0 Å². The Morgan fingerprint density at radius 2 is 1.78 bits per heavy atom. The Kier molecular flexibility index (Phi) is 6.20. The van der Waals surface area contributed by atoms with Gasteiger partial charge in [-0.15, -0.1) is 0 Å². The maximum Gasteiger partial charge on any atom is 0.167 e. The summed E-state index contributed by atoms with van der Waals surface area (Å²) < 4.78 is 23.2. The molecular weight excluding hydrogens is 469 g/mol. The number of nitrogen functional groups attached to an aromatic ring is 1. The van der Waals surface area contributed by atoms with Crippen LogP contribution in [0.25, 0.3) is 28.4 Å². The third-order valence-electron chi connectivity index (χ3n) is 6.56. The second-order valence-corrected chi connectivity index (χ2v) is 9.13. The number of pyridine rings is 3. The normalized spacial score (nSPS) is 14.7. The summed E-state index contributed by atoms with van der Waals surface area (Å²) in [7, 11) is 0. The summed E-state index contributed by atoms with van der Waals surface area (Å²) in [5, 5.41) is 0. The number of likely N-dealkylation sites (tertiary alicyclic amines) is 1. The van der Waals surface area contributed by atoms with Crippen molar-refractivity contribution in [2.24, 2.45) is 0 Å². The summed E-state index contributed by atoms with van der Waals surface area (Å²) in [6.45, 7) is 2.55. The highest BCUT2D eigenvalue weighted by molar-refractivity contribution is 5.79. The van der Waals surface area contributed by atoms with Crippen molar-refractivity contribution in [2.75, 3.05) is 18.8 Å². The molecule has 1 aliphatic heterocycles. The standard InChI is InChI=1S/C28H26FN7O/c29-22-17-20(36-27-24(5-3-12-33-27)34-28(36)23-4-1-2-11-31-23)6-7-25(22)37-21-9-14-35(15-10-21)18-19-8-13-32-26(30)16-19/h1-8,11-13,16-17,21H,9-10,14-15,18H2,(H2,30,32). The summed E-state index contributed by atoms with van der Waals surface area (Å²) in [6, 6.07) is 18.2. The number of rotatable bonds is 6. The Bertz CT molecular complexity index is 1530. The van der Waals surface area contributed by atoms with E-state index in [0.717, 1.165) is 38.0 Å². The molecule has 0 atom stereocenters. The number of nitrogens with two attached hydrogens (primary N) is 1. The van der Waals surface area contributed by atoms with Crippen LogP contribution in [0.1, 0.15) is 18.4 Å². The first kappa shape index (κ1) is 23.1. The molecular formula is C28H26FN7O. The predicted octanol–water partition coefficient (Wildman–Crippen LogP) is 4.64. The van der Waals surface area contributed by atoms with Gasteiger partial charge in [-0.2, -0.15) is 0 Å². The van der Waals surface area contributed by atoms with E-state index in [9.17, 15) is 0 Å². The van der Waals surface area contributed by atoms with Gasteiger partial charge in [-0.25, -0.2) is 19.3 Å². The van der Waals surface area contributed by atoms with Crippen molar-refractivity contribution in [3.05, 3.63) is 90.6 Å². The molecule has 0 saturated carbocycles. The van der Waals surface area contributed by atoms with E-state index < -0.39 is 5.82 Å². The average Bonchev–Trinajstić information content (AvgIpc) is 3.31. The zero-order valence-electron chi connectivity index (χ0n) is 20.2. The summed E-state index contributed by atoms with van der Waals surface area (Å²) in [5.41, 5.74) is 9.58.